The van der Waals surface area contributed by atoms with Gasteiger partial charge in [-0.25, -0.2) is 9.78 Å². The Labute approximate surface area is 227 Å². The summed E-state index contributed by atoms with van der Waals surface area (Å²) < 4.78 is 42.8. The molecular formula is C26H26N5O8P. The van der Waals surface area contributed by atoms with E-state index < -0.39 is 25.3 Å². The molecule has 0 aliphatic rings. The maximum atomic E-state index is 13.7. The van der Waals surface area contributed by atoms with Crippen LogP contribution in [0.15, 0.2) is 79.3 Å². The summed E-state index contributed by atoms with van der Waals surface area (Å²) in [5, 5.41) is 0. The number of ether oxygens (including phenoxy) is 1. The van der Waals surface area contributed by atoms with Crippen LogP contribution < -0.4 is 17.1 Å². The van der Waals surface area contributed by atoms with Crippen molar-refractivity contribution in [2.75, 3.05) is 18.7 Å². The highest BCUT2D eigenvalue weighted by molar-refractivity contribution is 7.53. The van der Waals surface area contributed by atoms with Gasteiger partial charge in [0, 0.05) is 12.1 Å². The summed E-state index contributed by atoms with van der Waals surface area (Å²) in [5.41, 5.74) is 8.07. The molecule has 208 valence electrons. The van der Waals surface area contributed by atoms with Crippen LogP contribution >= 0.6 is 7.60 Å². The number of aromatic nitrogens is 4. The zero-order valence-electron chi connectivity index (χ0n) is 21.4. The van der Waals surface area contributed by atoms with Crippen molar-refractivity contribution in [3.05, 3.63) is 98.8 Å². The fourth-order valence-electron chi connectivity index (χ4n) is 3.81. The van der Waals surface area contributed by atoms with Crippen LogP contribution in [0, 0.1) is 6.92 Å². The molecule has 1 unspecified atom stereocenters. The maximum absolute atomic E-state index is 13.7. The van der Waals surface area contributed by atoms with Crippen molar-refractivity contribution < 1.29 is 27.2 Å². The number of rotatable bonds is 12. The molecule has 0 bridgehead atoms. The Balaban J connectivity index is 1.28. The van der Waals surface area contributed by atoms with Crippen LogP contribution in [0.4, 0.5) is 5.95 Å². The second-order valence-electron chi connectivity index (χ2n) is 8.81. The van der Waals surface area contributed by atoms with Gasteiger partial charge in [0.05, 0.1) is 19.5 Å². The lowest BCUT2D eigenvalue weighted by atomic mass is 10.1. The number of aryl methyl sites for hydroxylation is 1. The number of H-pyrrole nitrogens is 1. The average Bonchev–Trinajstić information content (AvgIpc) is 3.53. The molecule has 5 rings (SSSR count). The molecule has 0 radical (unpaired) electrons. The first-order chi connectivity index (χ1) is 19.3. The van der Waals surface area contributed by atoms with Crippen LogP contribution in [0.3, 0.4) is 0 Å². The predicted octanol–water partition coefficient (Wildman–Crippen LogP) is 3.82. The molecule has 5 aromatic rings. The van der Waals surface area contributed by atoms with Gasteiger partial charge in [-0.1, -0.05) is 60.2 Å². The molecule has 0 aliphatic carbocycles. The van der Waals surface area contributed by atoms with Crippen molar-refractivity contribution >= 4 is 24.7 Å². The monoisotopic (exact) mass is 567 g/mol. The third kappa shape index (κ3) is 6.46. The summed E-state index contributed by atoms with van der Waals surface area (Å²) in [5.74, 6) is -0.715. The molecule has 3 aromatic heterocycles. The molecule has 0 fully saturated rings. The standard InChI is InChI=1S/C26H26N5O8P/c1-17-7-9-18(10-8-17)13-36-40(34,37-14-20-22(39-26(33)38-20)19-5-3-2-4-6-19)16-35-12-11-31-15-28-21-23(31)29-25(27)30-24(21)32/h2-10,15H,11-14,16H2,1H3,(H3,27,29,30,32). The Morgan fingerprint density at radius 3 is 2.55 bits per heavy atom. The van der Waals surface area contributed by atoms with E-state index in [1.54, 1.807) is 28.8 Å². The molecule has 40 heavy (non-hydrogen) atoms. The lowest BCUT2D eigenvalue weighted by Gasteiger charge is -2.18. The third-order valence-corrected chi connectivity index (χ3v) is 7.38. The van der Waals surface area contributed by atoms with Gasteiger partial charge in [-0.2, -0.15) is 4.98 Å². The van der Waals surface area contributed by atoms with E-state index in [0.29, 0.717) is 11.2 Å². The third-order valence-electron chi connectivity index (χ3n) is 5.84. The molecule has 0 saturated carbocycles. The first kappa shape index (κ1) is 27.3. The molecule has 3 N–H and O–H groups in total. The molecular weight excluding hydrogens is 541 g/mol. The number of nitrogen functional groups attached to an aromatic ring is 1. The number of nitrogens with one attached hydrogen (secondary N) is 1. The normalized spacial score (nSPS) is 13.0. The Hall–Kier alpha value is -4.29. The van der Waals surface area contributed by atoms with Crippen LogP contribution in [-0.4, -0.2) is 32.5 Å². The van der Waals surface area contributed by atoms with Gasteiger partial charge in [0.15, 0.2) is 22.7 Å². The number of imidazole rings is 1. The van der Waals surface area contributed by atoms with E-state index in [2.05, 4.69) is 15.0 Å². The summed E-state index contributed by atoms with van der Waals surface area (Å²) in [4.78, 5) is 34.4. The number of anilines is 1. The van der Waals surface area contributed by atoms with Gasteiger partial charge in [0.25, 0.3) is 5.56 Å². The van der Waals surface area contributed by atoms with E-state index in [-0.39, 0.29) is 49.4 Å². The highest BCUT2D eigenvalue weighted by Gasteiger charge is 2.28. The van der Waals surface area contributed by atoms with Crippen LogP contribution in [-0.2, 0) is 38.1 Å². The van der Waals surface area contributed by atoms with Crippen LogP contribution in [0.5, 0.6) is 0 Å². The van der Waals surface area contributed by atoms with Gasteiger partial charge in [-0.15, -0.1) is 0 Å². The quantitative estimate of drug-likeness (QED) is 0.165. The Morgan fingerprint density at radius 1 is 1.02 bits per heavy atom. The zero-order chi connectivity index (χ0) is 28.1. The lowest BCUT2D eigenvalue weighted by Crippen LogP contribution is -2.13. The first-order valence-corrected chi connectivity index (χ1v) is 13.9. The van der Waals surface area contributed by atoms with Crippen molar-refractivity contribution in [1.82, 2.24) is 19.5 Å². The summed E-state index contributed by atoms with van der Waals surface area (Å²) in [6, 6.07) is 16.4. The Kier molecular flexibility index (Phi) is 8.08. The second kappa shape index (κ2) is 11.8. The van der Waals surface area contributed by atoms with Crippen LogP contribution in [0.25, 0.3) is 22.5 Å². The summed E-state index contributed by atoms with van der Waals surface area (Å²) in [6.07, 6.45) is 1.04. The number of nitrogens with two attached hydrogens (primary N) is 1. The highest BCUT2D eigenvalue weighted by Crippen LogP contribution is 2.50. The molecule has 1 atom stereocenters. The van der Waals surface area contributed by atoms with Crippen molar-refractivity contribution in [2.24, 2.45) is 0 Å². The SMILES string of the molecule is Cc1ccc(COP(=O)(COCCn2cnc3c(=O)[nH]c(N)nc32)OCc2oc(=O)oc2-c2ccccc2)cc1. The summed E-state index contributed by atoms with van der Waals surface area (Å²) in [6.45, 7) is 1.90. The van der Waals surface area contributed by atoms with Gasteiger partial charge in [-0.05, 0) is 12.5 Å². The lowest BCUT2D eigenvalue weighted by molar-refractivity contribution is 0.114. The van der Waals surface area contributed by atoms with Gasteiger partial charge >= 0.3 is 13.4 Å². The number of fused-ring (bicyclic) bond motifs is 1. The predicted molar refractivity (Wildman–Crippen MR) is 144 cm³/mol. The fourth-order valence-corrected chi connectivity index (χ4v) is 5.05. The van der Waals surface area contributed by atoms with Crippen LogP contribution in [0.1, 0.15) is 16.9 Å². The Morgan fingerprint density at radius 2 is 1.77 bits per heavy atom. The maximum Gasteiger partial charge on any atom is 0.519 e. The van der Waals surface area contributed by atoms with Crippen molar-refractivity contribution in [2.45, 2.75) is 26.7 Å². The van der Waals surface area contributed by atoms with Crippen molar-refractivity contribution in [1.29, 1.82) is 0 Å². The Bertz CT molecular complexity index is 1760. The number of nitrogens with zero attached hydrogens (tertiary/aromatic N) is 3. The molecule has 0 aliphatic heterocycles. The highest BCUT2D eigenvalue weighted by atomic mass is 31.2. The van der Waals surface area contributed by atoms with Gasteiger partial charge < -0.3 is 28.4 Å². The van der Waals surface area contributed by atoms with Crippen molar-refractivity contribution in [3.63, 3.8) is 0 Å². The molecule has 0 spiro atoms. The number of hydrogen-bond donors (Lipinski definition) is 2. The van der Waals surface area contributed by atoms with E-state index in [0.717, 1.165) is 11.1 Å². The van der Waals surface area contributed by atoms with Crippen LogP contribution in [0.2, 0.25) is 0 Å². The minimum Gasteiger partial charge on any atom is -0.393 e. The number of hydrogen-bond acceptors (Lipinski definition) is 11. The van der Waals surface area contributed by atoms with E-state index in [4.69, 9.17) is 28.4 Å². The number of aromatic amines is 1. The zero-order valence-corrected chi connectivity index (χ0v) is 22.3. The molecule has 3 heterocycles. The fraction of sp³-hybridized carbons (Fsp3) is 0.231. The van der Waals surface area contributed by atoms with E-state index >= 15 is 0 Å². The van der Waals surface area contributed by atoms with E-state index in [1.165, 1.54) is 6.33 Å². The number of benzene rings is 2. The minimum atomic E-state index is -3.88. The molecule has 0 amide bonds. The first-order valence-electron chi connectivity index (χ1n) is 12.2. The topological polar surface area (TPSA) is 178 Å². The molecule has 14 heteroatoms. The average molecular weight is 567 g/mol. The summed E-state index contributed by atoms with van der Waals surface area (Å²) >= 11 is 0. The molecule has 13 nitrogen and oxygen atoms in total. The largest absolute Gasteiger partial charge is 0.519 e. The molecule has 0 saturated heterocycles. The van der Waals surface area contributed by atoms with Gasteiger partial charge in [0.2, 0.25) is 5.95 Å². The van der Waals surface area contributed by atoms with E-state index in [9.17, 15) is 14.2 Å². The van der Waals surface area contributed by atoms with Gasteiger partial charge in [-0.3, -0.25) is 18.9 Å². The molecule has 2 aromatic carbocycles. The van der Waals surface area contributed by atoms with Crippen molar-refractivity contribution in [3.8, 4) is 11.3 Å². The second-order valence-corrected chi connectivity index (χ2v) is 10.8. The summed E-state index contributed by atoms with van der Waals surface area (Å²) in [7, 11) is -3.88. The minimum absolute atomic E-state index is 0.0000721. The smallest absolute Gasteiger partial charge is 0.393 e. The van der Waals surface area contributed by atoms with Gasteiger partial charge in [0.1, 0.15) is 13.0 Å². The van der Waals surface area contributed by atoms with E-state index in [1.807, 2.05) is 37.3 Å².